The zero-order valence-corrected chi connectivity index (χ0v) is 12.3. The molecule has 1 aliphatic heterocycles. The number of hydrogen-bond donors (Lipinski definition) is 1. The standard InChI is InChI=1S/C11H7Br2F3O3/c12-5-1-4-2-6(10(17)18)9(11(14,15)16)19-8(4)7(13)3-5/h1,3,6,9H,2H2,(H,17,18)/t6-,9+/m1/s1. The third-order valence-corrected chi connectivity index (χ3v) is 3.82. The fourth-order valence-electron chi connectivity index (χ4n) is 1.96. The maximum absolute atomic E-state index is 12.8. The molecule has 0 bridgehead atoms. The highest BCUT2D eigenvalue weighted by Gasteiger charge is 2.52. The van der Waals surface area contributed by atoms with Crippen molar-refractivity contribution in [3.05, 3.63) is 26.6 Å². The summed E-state index contributed by atoms with van der Waals surface area (Å²) in [6, 6.07) is 3.11. The number of aliphatic carboxylic acids is 1. The van der Waals surface area contributed by atoms with E-state index in [0.717, 1.165) is 0 Å². The molecule has 0 unspecified atom stereocenters. The molecule has 0 radical (unpaired) electrons. The zero-order valence-electron chi connectivity index (χ0n) is 9.17. The van der Waals surface area contributed by atoms with Gasteiger partial charge < -0.3 is 9.84 Å². The van der Waals surface area contributed by atoms with E-state index in [1.165, 1.54) is 0 Å². The number of benzene rings is 1. The van der Waals surface area contributed by atoms with Crippen LogP contribution in [0.15, 0.2) is 21.1 Å². The van der Waals surface area contributed by atoms with Gasteiger partial charge in [-0.1, -0.05) is 15.9 Å². The smallest absolute Gasteiger partial charge is 0.426 e. The molecular formula is C11H7Br2F3O3. The van der Waals surface area contributed by atoms with Crippen molar-refractivity contribution in [1.29, 1.82) is 0 Å². The van der Waals surface area contributed by atoms with Gasteiger partial charge in [-0.25, -0.2) is 0 Å². The van der Waals surface area contributed by atoms with E-state index in [0.29, 0.717) is 14.5 Å². The number of carboxylic acid groups (broad SMARTS) is 1. The molecule has 2 atom stereocenters. The van der Waals surface area contributed by atoms with Crippen molar-refractivity contribution in [2.24, 2.45) is 5.92 Å². The van der Waals surface area contributed by atoms with E-state index < -0.39 is 24.2 Å². The summed E-state index contributed by atoms with van der Waals surface area (Å²) in [5.74, 6) is -3.12. The van der Waals surface area contributed by atoms with E-state index in [-0.39, 0.29) is 12.2 Å². The van der Waals surface area contributed by atoms with Crippen LogP contribution in [0.2, 0.25) is 0 Å². The van der Waals surface area contributed by atoms with Crippen LogP contribution in [0.25, 0.3) is 0 Å². The Morgan fingerprint density at radius 2 is 2.00 bits per heavy atom. The minimum atomic E-state index is -4.73. The van der Waals surface area contributed by atoms with E-state index in [1.807, 2.05) is 0 Å². The molecular weight excluding hydrogens is 397 g/mol. The van der Waals surface area contributed by atoms with Crippen LogP contribution in [0.5, 0.6) is 5.75 Å². The van der Waals surface area contributed by atoms with Gasteiger partial charge in [-0.05, 0) is 40.0 Å². The second-order valence-electron chi connectivity index (χ2n) is 4.10. The largest absolute Gasteiger partial charge is 0.481 e. The molecule has 0 fully saturated rings. The molecule has 1 aromatic carbocycles. The van der Waals surface area contributed by atoms with Crippen LogP contribution in [-0.4, -0.2) is 23.4 Å². The van der Waals surface area contributed by atoms with Crippen molar-refractivity contribution in [2.75, 3.05) is 0 Å². The number of rotatable bonds is 1. The van der Waals surface area contributed by atoms with Crippen molar-refractivity contribution in [3.8, 4) is 5.75 Å². The fraction of sp³-hybridized carbons (Fsp3) is 0.364. The van der Waals surface area contributed by atoms with E-state index in [1.54, 1.807) is 12.1 Å². The Balaban J connectivity index is 2.48. The summed E-state index contributed by atoms with van der Waals surface area (Å²) in [6.07, 6.45) is -7.30. The highest BCUT2D eigenvalue weighted by molar-refractivity contribution is 9.11. The minimum absolute atomic E-state index is 0.0445. The quantitative estimate of drug-likeness (QED) is 0.776. The number of ether oxygens (including phenoxy) is 1. The van der Waals surface area contributed by atoms with Crippen LogP contribution in [0, 0.1) is 5.92 Å². The number of carbonyl (C=O) groups is 1. The van der Waals surface area contributed by atoms with E-state index >= 15 is 0 Å². The Kier molecular flexibility index (Phi) is 3.83. The van der Waals surface area contributed by atoms with Gasteiger partial charge in [-0.3, -0.25) is 4.79 Å². The summed E-state index contributed by atoms with van der Waals surface area (Å²) < 4.78 is 44.4. The highest BCUT2D eigenvalue weighted by Crippen LogP contribution is 2.43. The average Bonchev–Trinajstić information content (AvgIpc) is 2.25. The SMILES string of the molecule is O=C(O)[C@@H]1Cc2cc(Br)cc(Br)c2O[C@@H]1C(F)(F)F. The number of alkyl halides is 3. The maximum atomic E-state index is 12.8. The molecule has 3 nitrogen and oxygen atoms in total. The fourth-order valence-corrected chi connectivity index (χ4v) is 3.37. The molecule has 0 aromatic heterocycles. The molecule has 0 saturated heterocycles. The number of carboxylic acids is 1. The third kappa shape index (κ3) is 2.89. The monoisotopic (exact) mass is 402 g/mol. The molecule has 0 amide bonds. The first-order valence-corrected chi connectivity index (χ1v) is 6.73. The van der Waals surface area contributed by atoms with Crippen LogP contribution in [0.4, 0.5) is 13.2 Å². The van der Waals surface area contributed by atoms with Gasteiger partial charge in [-0.2, -0.15) is 13.2 Å². The van der Waals surface area contributed by atoms with E-state index in [4.69, 9.17) is 9.84 Å². The molecule has 0 spiro atoms. The number of hydrogen-bond acceptors (Lipinski definition) is 2. The first-order chi connectivity index (χ1) is 8.70. The Hall–Kier alpha value is -0.760. The zero-order chi connectivity index (χ0) is 14.4. The second-order valence-corrected chi connectivity index (χ2v) is 5.87. The highest BCUT2D eigenvalue weighted by atomic mass is 79.9. The van der Waals surface area contributed by atoms with Crippen molar-refractivity contribution in [1.82, 2.24) is 0 Å². The lowest BCUT2D eigenvalue weighted by molar-refractivity contribution is -0.217. The third-order valence-electron chi connectivity index (χ3n) is 2.78. The lowest BCUT2D eigenvalue weighted by atomic mass is 9.90. The lowest BCUT2D eigenvalue weighted by Gasteiger charge is -2.33. The Labute approximate surface area is 123 Å². The minimum Gasteiger partial charge on any atom is -0.481 e. The number of fused-ring (bicyclic) bond motifs is 1. The van der Waals surface area contributed by atoms with Crippen LogP contribution in [0.3, 0.4) is 0 Å². The predicted octanol–water partition coefficient (Wildman–Crippen LogP) is 3.78. The molecule has 0 aliphatic carbocycles. The van der Waals surface area contributed by atoms with Gasteiger partial charge in [-0.15, -0.1) is 0 Å². The maximum Gasteiger partial charge on any atom is 0.426 e. The predicted molar refractivity (Wildman–Crippen MR) is 67.1 cm³/mol. The van der Waals surface area contributed by atoms with Crippen LogP contribution in [-0.2, 0) is 11.2 Å². The molecule has 0 saturated carbocycles. The van der Waals surface area contributed by atoms with Gasteiger partial charge >= 0.3 is 12.1 Å². The first-order valence-electron chi connectivity index (χ1n) is 5.14. The second kappa shape index (κ2) is 4.97. The van der Waals surface area contributed by atoms with E-state index in [2.05, 4.69) is 31.9 Å². The summed E-state index contributed by atoms with van der Waals surface area (Å²) in [7, 11) is 0. The van der Waals surface area contributed by atoms with Crippen LogP contribution < -0.4 is 4.74 Å². The Bertz CT molecular complexity index is 531. The molecule has 104 valence electrons. The van der Waals surface area contributed by atoms with Crippen molar-refractivity contribution >= 4 is 37.8 Å². The summed E-state index contributed by atoms with van der Waals surface area (Å²) in [5, 5.41) is 8.93. The van der Waals surface area contributed by atoms with Crippen LogP contribution >= 0.6 is 31.9 Å². The topological polar surface area (TPSA) is 46.5 Å². The van der Waals surface area contributed by atoms with Gasteiger partial charge in [0.05, 0.1) is 4.47 Å². The first kappa shape index (κ1) is 14.6. The molecule has 8 heteroatoms. The number of halogens is 5. The summed E-state index contributed by atoms with van der Waals surface area (Å²) >= 11 is 6.31. The summed E-state index contributed by atoms with van der Waals surface area (Å²) in [5.41, 5.74) is 0.425. The van der Waals surface area contributed by atoms with Crippen molar-refractivity contribution in [2.45, 2.75) is 18.7 Å². The Morgan fingerprint density at radius 1 is 1.37 bits per heavy atom. The van der Waals surface area contributed by atoms with Gasteiger partial charge in [0.1, 0.15) is 11.7 Å². The van der Waals surface area contributed by atoms with Gasteiger partial charge in [0, 0.05) is 4.47 Å². The van der Waals surface area contributed by atoms with E-state index in [9.17, 15) is 18.0 Å². The Morgan fingerprint density at radius 3 is 2.53 bits per heavy atom. The average molecular weight is 404 g/mol. The molecule has 1 heterocycles. The van der Waals surface area contributed by atoms with Gasteiger partial charge in [0.15, 0.2) is 0 Å². The molecule has 19 heavy (non-hydrogen) atoms. The van der Waals surface area contributed by atoms with Crippen LogP contribution in [0.1, 0.15) is 5.56 Å². The van der Waals surface area contributed by atoms with Crippen molar-refractivity contribution in [3.63, 3.8) is 0 Å². The molecule has 1 aliphatic rings. The summed E-state index contributed by atoms with van der Waals surface area (Å²) in [6.45, 7) is 0. The molecule has 1 aromatic rings. The lowest BCUT2D eigenvalue weighted by Crippen LogP contribution is -2.47. The summed E-state index contributed by atoms with van der Waals surface area (Å²) in [4.78, 5) is 11.0. The molecule has 2 rings (SSSR count). The normalized spacial score (nSPS) is 22.6. The van der Waals surface area contributed by atoms with Crippen molar-refractivity contribution < 1.29 is 27.8 Å². The molecule has 1 N–H and O–H groups in total. The van der Waals surface area contributed by atoms with Gasteiger partial charge in [0.2, 0.25) is 6.10 Å². The van der Waals surface area contributed by atoms with Gasteiger partial charge in [0.25, 0.3) is 0 Å².